The maximum atomic E-state index is 10.2. The Morgan fingerprint density at radius 2 is 1.60 bits per heavy atom. The van der Waals surface area contributed by atoms with Crippen molar-refractivity contribution in [2.45, 2.75) is 25.9 Å². The number of hydrogen-bond donors (Lipinski definition) is 2. The van der Waals surface area contributed by atoms with Gasteiger partial charge >= 0.3 is 0 Å². The minimum Gasteiger partial charge on any atom is -0.387 e. The molecule has 1 heterocycles. The number of rotatable bonds is 5. The van der Waals surface area contributed by atoms with E-state index in [9.17, 15) is 5.11 Å². The molecule has 20 heavy (non-hydrogen) atoms. The molecule has 1 fully saturated rings. The molecule has 1 aromatic carbocycles. The van der Waals surface area contributed by atoms with Crippen LogP contribution in [0, 0.1) is 0 Å². The zero-order valence-corrected chi connectivity index (χ0v) is 12.8. The molecule has 0 amide bonds. The van der Waals surface area contributed by atoms with E-state index in [1.807, 2.05) is 12.1 Å². The monoisotopic (exact) mass is 277 g/mol. The molecule has 1 unspecified atom stereocenters. The van der Waals surface area contributed by atoms with E-state index in [0.717, 1.165) is 31.7 Å². The third-order valence-corrected chi connectivity index (χ3v) is 4.00. The largest absolute Gasteiger partial charge is 0.387 e. The van der Waals surface area contributed by atoms with Gasteiger partial charge in [0.1, 0.15) is 0 Å². The van der Waals surface area contributed by atoms with Crippen molar-refractivity contribution in [2.75, 3.05) is 39.8 Å². The Morgan fingerprint density at radius 3 is 2.15 bits per heavy atom. The molecule has 0 radical (unpaired) electrons. The van der Waals surface area contributed by atoms with Gasteiger partial charge in [-0.3, -0.25) is 5.43 Å². The number of nitrogens with one attached hydrogen (secondary N) is 1. The van der Waals surface area contributed by atoms with Crippen LogP contribution in [-0.4, -0.2) is 54.8 Å². The quantitative estimate of drug-likeness (QED) is 0.857. The van der Waals surface area contributed by atoms with Gasteiger partial charge in [-0.15, -0.1) is 0 Å². The summed E-state index contributed by atoms with van der Waals surface area (Å²) in [7, 11) is 2.14. The third-order valence-electron chi connectivity index (χ3n) is 4.00. The first-order chi connectivity index (χ1) is 9.56. The summed E-state index contributed by atoms with van der Waals surface area (Å²) in [6.07, 6.45) is -0.448. The summed E-state index contributed by atoms with van der Waals surface area (Å²) in [4.78, 5) is 2.32. The van der Waals surface area contributed by atoms with Crippen LogP contribution in [0.4, 0.5) is 0 Å². The van der Waals surface area contributed by atoms with E-state index < -0.39 is 6.10 Å². The SMILES string of the molecule is CC(C)c1ccc(C(O)CNN2CCN(C)CC2)cc1. The minimum atomic E-state index is -0.448. The van der Waals surface area contributed by atoms with Crippen molar-refractivity contribution in [3.05, 3.63) is 35.4 Å². The fourth-order valence-corrected chi connectivity index (χ4v) is 2.40. The fourth-order valence-electron chi connectivity index (χ4n) is 2.40. The average molecular weight is 277 g/mol. The Hall–Kier alpha value is -0.940. The normalized spacial score (nSPS) is 19.4. The summed E-state index contributed by atoms with van der Waals surface area (Å²) in [6, 6.07) is 8.29. The molecular formula is C16H27N3O. The Labute approximate surface area is 122 Å². The molecular weight excluding hydrogens is 250 g/mol. The van der Waals surface area contributed by atoms with Crippen molar-refractivity contribution in [2.24, 2.45) is 0 Å². The summed E-state index contributed by atoms with van der Waals surface area (Å²) in [5.41, 5.74) is 5.63. The van der Waals surface area contributed by atoms with Crippen LogP contribution < -0.4 is 5.43 Å². The Balaban J connectivity index is 1.80. The first-order valence-corrected chi connectivity index (χ1v) is 7.51. The lowest BCUT2D eigenvalue weighted by Gasteiger charge is -2.33. The van der Waals surface area contributed by atoms with Crippen molar-refractivity contribution < 1.29 is 5.11 Å². The molecule has 2 rings (SSSR count). The Kier molecular flexibility index (Phi) is 5.54. The van der Waals surface area contributed by atoms with Crippen LogP contribution in [0.15, 0.2) is 24.3 Å². The zero-order chi connectivity index (χ0) is 14.5. The minimum absolute atomic E-state index is 0.448. The lowest BCUT2D eigenvalue weighted by atomic mass is 10.00. The average Bonchev–Trinajstić information content (AvgIpc) is 2.46. The first-order valence-electron chi connectivity index (χ1n) is 7.51. The van der Waals surface area contributed by atoms with Crippen LogP contribution >= 0.6 is 0 Å². The van der Waals surface area contributed by atoms with E-state index >= 15 is 0 Å². The molecule has 1 aliphatic heterocycles. The van der Waals surface area contributed by atoms with Crippen LogP contribution in [0.25, 0.3) is 0 Å². The molecule has 1 saturated heterocycles. The molecule has 1 atom stereocenters. The lowest BCUT2D eigenvalue weighted by Crippen LogP contribution is -2.51. The van der Waals surface area contributed by atoms with Crippen molar-refractivity contribution in [3.8, 4) is 0 Å². The molecule has 0 aromatic heterocycles. The number of hydrogen-bond acceptors (Lipinski definition) is 4. The van der Waals surface area contributed by atoms with Gasteiger partial charge < -0.3 is 10.0 Å². The van der Waals surface area contributed by atoms with Crippen LogP contribution in [0.3, 0.4) is 0 Å². The lowest BCUT2D eigenvalue weighted by molar-refractivity contribution is 0.0744. The number of likely N-dealkylation sites (N-methyl/N-ethyl adjacent to an activating group) is 1. The zero-order valence-electron chi connectivity index (χ0n) is 12.8. The highest BCUT2D eigenvalue weighted by Gasteiger charge is 2.15. The highest BCUT2D eigenvalue weighted by Crippen LogP contribution is 2.18. The molecule has 1 aliphatic rings. The number of hydrazine groups is 1. The smallest absolute Gasteiger partial charge is 0.0928 e. The van der Waals surface area contributed by atoms with Gasteiger partial charge in [-0.2, -0.15) is 0 Å². The predicted octanol–water partition coefficient (Wildman–Crippen LogP) is 1.60. The van der Waals surface area contributed by atoms with Gasteiger partial charge in [0.05, 0.1) is 6.10 Å². The van der Waals surface area contributed by atoms with Gasteiger partial charge in [0.15, 0.2) is 0 Å². The second-order valence-corrected chi connectivity index (χ2v) is 5.99. The molecule has 0 saturated carbocycles. The number of nitrogens with zero attached hydrogens (tertiary/aromatic N) is 2. The Morgan fingerprint density at radius 1 is 1.05 bits per heavy atom. The molecule has 0 spiro atoms. The summed E-state index contributed by atoms with van der Waals surface area (Å²) in [5, 5.41) is 12.4. The maximum absolute atomic E-state index is 10.2. The number of aliphatic hydroxyl groups excluding tert-OH is 1. The van der Waals surface area contributed by atoms with E-state index in [4.69, 9.17) is 0 Å². The van der Waals surface area contributed by atoms with E-state index in [1.54, 1.807) is 0 Å². The second kappa shape index (κ2) is 7.18. The number of aliphatic hydroxyl groups is 1. The van der Waals surface area contributed by atoms with Gasteiger partial charge in [-0.1, -0.05) is 38.1 Å². The standard InChI is InChI=1S/C16H27N3O/c1-13(2)14-4-6-15(7-5-14)16(20)12-17-19-10-8-18(3)9-11-19/h4-7,13,16-17,20H,8-12H2,1-3H3. The van der Waals surface area contributed by atoms with E-state index in [1.165, 1.54) is 5.56 Å². The topological polar surface area (TPSA) is 38.7 Å². The van der Waals surface area contributed by atoms with Gasteiger partial charge in [0, 0.05) is 32.7 Å². The number of benzene rings is 1. The highest BCUT2D eigenvalue weighted by atomic mass is 16.3. The summed E-state index contributed by atoms with van der Waals surface area (Å²) >= 11 is 0. The summed E-state index contributed by atoms with van der Waals surface area (Å²) in [6.45, 7) is 9.11. The van der Waals surface area contributed by atoms with Crippen molar-refractivity contribution in [1.82, 2.24) is 15.3 Å². The predicted molar refractivity (Wildman–Crippen MR) is 82.6 cm³/mol. The molecule has 4 nitrogen and oxygen atoms in total. The molecule has 0 aliphatic carbocycles. The van der Waals surface area contributed by atoms with Gasteiger partial charge in [-0.25, -0.2) is 5.01 Å². The van der Waals surface area contributed by atoms with E-state index in [0.29, 0.717) is 12.5 Å². The highest BCUT2D eigenvalue weighted by molar-refractivity contribution is 5.26. The van der Waals surface area contributed by atoms with Crippen molar-refractivity contribution >= 4 is 0 Å². The van der Waals surface area contributed by atoms with Crippen molar-refractivity contribution in [1.29, 1.82) is 0 Å². The second-order valence-electron chi connectivity index (χ2n) is 5.99. The van der Waals surface area contributed by atoms with Crippen molar-refractivity contribution in [3.63, 3.8) is 0 Å². The third kappa shape index (κ3) is 4.28. The van der Waals surface area contributed by atoms with Crippen LogP contribution in [0.2, 0.25) is 0 Å². The molecule has 2 N–H and O–H groups in total. The Bertz CT molecular complexity index is 397. The fraction of sp³-hybridized carbons (Fsp3) is 0.625. The van der Waals surface area contributed by atoms with Crippen LogP contribution in [0.5, 0.6) is 0 Å². The summed E-state index contributed by atoms with van der Waals surface area (Å²) in [5.74, 6) is 0.532. The molecule has 0 bridgehead atoms. The maximum Gasteiger partial charge on any atom is 0.0928 e. The molecule has 4 heteroatoms. The van der Waals surface area contributed by atoms with Gasteiger partial charge in [0.2, 0.25) is 0 Å². The van der Waals surface area contributed by atoms with Gasteiger partial charge in [0.25, 0.3) is 0 Å². The molecule has 112 valence electrons. The molecule has 1 aromatic rings. The summed E-state index contributed by atoms with van der Waals surface area (Å²) < 4.78 is 0. The van der Waals surface area contributed by atoms with E-state index in [2.05, 4.69) is 48.4 Å². The van der Waals surface area contributed by atoms with Crippen LogP contribution in [-0.2, 0) is 0 Å². The van der Waals surface area contributed by atoms with E-state index in [-0.39, 0.29) is 0 Å². The van der Waals surface area contributed by atoms with Crippen LogP contribution in [0.1, 0.15) is 37.0 Å². The number of piperazine rings is 1. The first kappa shape index (κ1) is 15.4. The van der Waals surface area contributed by atoms with Gasteiger partial charge in [-0.05, 0) is 24.1 Å².